The number of hydrogen-bond acceptors (Lipinski definition) is 3. The molecular formula is C21H28N4O2. The smallest absolute Gasteiger partial charge is 0.222 e. The minimum absolute atomic E-state index is 0.0910. The molecule has 1 N–H and O–H groups in total. The van der Waals surface area contributed by atoms with E-state index < -0.39 is 0 Å². The highest BCUT2D eigenvalue weighted by atomic mass is 16.2. The molecule has 2 aromatic rings. The molecule has 0 radical (unpaired) electrons. The maximum absolute atomic E-state index is 12.5. The van der Waals surface area contributed by atoms with E-state index in [9.17, 15) is 9.59 Å². The fourth-order valence-electron chi connectivity index (χ4n) is 3.64. The minimum Gasteiger partial charge on any atom is -0.359 e. The monoisotopic (exact) mass is 368 g/mol. The van der Waals surface area contributed by atoms with Gasteiger partial charge in [0.05, 0.1) is 6.20 Å². The average molecular weight is 368 g/mol. The molecule has 27 heavy (non-hydrogen) atoms. The number of rotatable bonds is 6. The van der Waals surface area contributed by atoms with E-state index in [1.54, 1.807) is 11.7 Å². The van der Waals surface area contributed by atoms with Gasteiger partial charge in [-0.1, -0.05) is 24.3 Å². The second kappa shape index (κ2) is 8.84. The Labute approximate surface area is 160 Å². The van der Waals surface area contributed by atoms with Crippen LogP contribution >= 0.6 is 0 Å². The zero-order valence-electron chi connectivity index (χ0n) is 16.1. The number of benzene rings is 1. The Kier molecular flexibility index (Phi) is 6.27. The predicted molar refractivity (Wildman–Crippen MR) is 105 cm³/mol. The van der Waals surface area contributed by atoms with Crippen molar-refractivity contribution in [1.29, 1.82) is 0 Å². The molecule has 144 valence electrons. The lowest BCUT2D eigenvalue weighted by Gasteiger charge is -2.31. The summed E-state index contributed by atoms with van der Waals surface area (Å²) in [6, 6.07) is 8.31. The Morgan fingerprint density at radius 2 is 2.00 bits per heavy atom. The number of piperidine rings is 1. The first-order valence-electron chi connectivity index (χ1n) is 9.61. The number of aromatic nitrogens is 2. The van der Waals surface area contributed by atoms with Crippen LogP contribution in [0, 0.1) is 5.92 Å². The Hall–Kier alpha value is -2.63. The Bertz CT molecular complexity index is 791. The van der Waals surface area contributed by atoms with Gasteiger partial charge >= 0.3 is 0 Å². The molecule has 1 fully saturated rings. The molecule has 0 atom stereocenters. The summed E-state index contributed by atoms with van der Waals surface area (Å²) in [5, 5.41) is 6.90. The van der Waals surface area contributed by atoms with E-state index in [1.807, 2.05) is 30.4 Å². The van der Waals surface area contributed by atoms with E-state index in [0.29, 0.717) is 18.8 Å². The van der Waals surface area contributed by atoms with Crippen LogP contribution in [0.1, 0.15) is 31.2 Å². The van der Waals surface area contributed by atoms with Crippen molar-refractivity contribution in [2.75, 3.05) is 20.1 Å². The van der Waals surface area contributed by atoms with Crippen molar-refractivity contribution < 1.29 is 9.59 Å². The minimum atomic E-state index is 0.0910. The first-order chi connectivity index (χ1) is 13.0. The van der Waals surface area contributed by atoms with Crippen molar-refractivity contribution in [3.63, 3.8) is 0 Å². The van der Waals surface area contributed by atoms with E-state index in [4.69, 9.17) is 0 Å². The molecule has 2 amide bonds. The lowest BCUT2D eigenvalue weighted by atomic mass is 9.93. The van der Waals surface area contributed by atoms with Crippen molar-refractivity contribution in [2.24, 2.45) is 13.0 Å². The normalized spacial score (nSPS) is 15.0. The fraction of sp³-hybridized carbons (Fsp3) is 0.476. The zero-order chi connectivity index (χ0) is 19.2. The number of carbonyl (C=O) groups is 2. The molecule has 1 aliphatic rings. The summed E-state index contributed by atoms with van der Waals surface area (Å²) >= 11 is 0. The number of hydrogen-bond donors (Lipinski definition) is 1. The van der Waals surface area contributed by atoms with Crippen LogP contribution in [-0.2, 0) is 23.1 Å². The second-order valence-corrected chi connectivity index (χ2v) is 7.30. The van der Waals surface area contributed by atoms with Gasteiger partial charge in [0.1, 0.15) is 0 Å². The molecule has 0 spiro atoms. The standard InChI is InChI=1S/C21H28N4O2/c1-22-20(26)13-17-8-10-25(11-9-17)21(27)7-6-16-4-3-5-18(12-16)19-14-23-24(2)15-19/h3-5,12,14-15,17H,6-11,13H2,1-2H3,(H,22,26). The third kappa shape index (κ3) is 5.18. The van der Waals surface area contributed by atoms with Crippen LogP contribution in [0.5, 0.6) is 0 Å². The van der Waals surface area contributed by atoms with Gasteiger partial charge < -0.3 is 10.2 Å². The largest absolute Gasteiger partial charge is 0.359 e. The highest BCUT2D eigenvalue weighted by Crippen LogP contribution is 2.22. The van der Waals surface area contributed by atoms with E-state index in [2.05, 4.69) is 28.6 Å². The van der Waals surface area contributed by atoms with Gasteiger partial charge in [0, 0.05) is 51.8 Å². The van der Waals surface area contributed by atoms with Crippen molar-refractivity contribution in [2.45, 2.75) is 32.1 Å². The summed E-state index contributed by atoms with van der Waals surface area (Å²) in [4.78, 5) is 26.0. The predicted octanol–water partition coefficient (Wildman–Crippen LogP) is 2.39. The molecule has 3 rings (SSSR count). The first kappa shape index (κ1) is 19.1. The van der Waals surface area contributed by atoms with Crippen LogP contribution in [0.2, 0.25) is 0 Å². The molecular weight excluding hydrogens is 340 g/mol. The van der Waals surface area contributed by atoms with Gasteiger partial charge in [-0.3, -0.25) is 14.3 Å². The lowest BCUT2D eigenvalue weighted by Crippen LogP contribution is -2.39. The number of nitrogens with zero attached hydrogens (tertiary/aromatic N) is 3. The molecule has 0 bridgehead atoms. The molecule has 1 saturated heterocycles. The topological polar surface area (TPSA) is 67.2 Å². The van der Waals surface area contributed by atoms with Gasteiger partial charge in [-0.25, -0.2) is 0 Å². The molecule has 0 aliphatic carbocycles. The number of nitrogens with one attached hydrogen (secondary N) is 1. The summed E-state index contributed by atoms with van der Waals surface area (Å²) in [5.41, 5.74) is 3.38. The molecule has 1 aromatic heterocycles. The fourth-order valence-corrected chi connectivity index (χ4v) is 3.64. The molecule has 0 saturated carbocycles. The molecule has 0 unspecified atom stereocenters. The summed E-state index contributed by atoms with van der Waals surface area (Å²) in [6.45, 7) is 1.52. The zero-order valence-corrected chi connectivity index (χ0v) is 16.1. The Morgan fingerprint density at radius 3 is 2.67 bits per heavy atom. The number of carbonyl (C=O) groups excluding carboxylic acids is 2. The quantitative estimate of drug-likeness (QED) is 0.851. The lowest BCUT2D eigenvalue weighted by molar-refractivity contribution is -0.132. The maximum Gasteiger partial charge on any atom is 0.222 e. The summed E-state index contributed by atoms with van der Waals surface area (Å²) in [7, 11) is 3.58. The first-order valence-corrected chi connectivity index (χ1v) is 9.61. The Morgan fingerprint density at radius 1 is 1.22 bits per heavy atom. The van der Waals surface area contributed by atoms with Crippen LogP contribution in [0.4, 0.5) is 0 Å². The van der Waals surface area contributed by atoms with Crippen molar-refractivity contribution in [1.82, 2.24) is 20.0 Å². The summed E-state index contributed by atoms with van der Waals surface area (Å²) in [5.74, 6) is 0.693. The van der Waals surface area contributed by atoms with Gasteiger partial charge in [0.15, 0.2) is 0 Å². The highest BCUT2D eigenvalue weighted by molar-refractivity contribution is 5.77. The molecule has 1 aromatic carbocycles. The van der Waals surface area contributed by atoms with E-state index in [-0.39, 0.29) is 11.8 Å². The summed E-state index contributed by atoms with van der Waals surface area (Å²) in [6.07, 6.45) is 7.51. The molecule has 1 aliphatic heterocycles. The Balaban J connectivity index is 1.49. The van der Waals surface area contributed by atoms with Gasteiger partial charge in [-0.2, -0.15) is 5.10 Å². The molecule has 6 heteroatoms. The van der Waals surface area contributed by atoms with Crippen molar-refractivity contribution in [3.8, 4) is 11.1 Å². The van der Waals surface area contributed by atoms with Gasteiger partial charge in [-0.05, 0) is 36.3 Å². The third-order valence-electron chi connectivity index (χ3n) is 5.31. The van der Waals surface area contributed by atoms with Crippen LogP contribution in [0.15, 0.2) is 36.7 Å². The third-order valence-corrected chi connectivity index (χ3v) is 5.31. The van der Waals surface area contributed by atoms with Gasteiger partial charge in [0.25, 0.3) is 0 Å². The van der Waals surface area contributed by atoms with E-state index in [0.717, 1.165) is 43.5 Å². The van der Waals surface area contributed by atoms with E-state index in [1.165, 1.54) is 5.56 Å². The summed E-state index contributed by atoms with van der Waals surface area (Å²) < 4.78 is 1.79. The number of amides is 2. The maximum atomic E-state index is 12.5. The highest BCUT2D eigenvalue weighted by Gasteiger charge is 2.23. The van der Waals surface area contributed by atoms with E-state index >= 15 is 0 Å². The van der Waals surface area contributed by atoms with Crippen molar-refractivity contribution >= 4 is 11.8 Å². The number of likely N-dealkylation sites (tertiary alicyclic amines) is 1. The van der Waals surface area contributed by atoms with Gasteiger partial charge in [-0.15, -0.1) is 0 Å². The molecule has 6 nitrogen and oxygen atoms in total. The number of aryl methyl sites for hydroxylation is 2. The van der Waals surface area contributed by atoms with Gasteiger partial charge in [0.2, 0.25) is 11.8 Å². The molecule has 2 heterocycles. The average Bonchev–Trinajstić information content (AvgIpc) is 3.13. The van der Waals surface area contributed by atoms with Crippen LogP contribution in [0.25, 0.3) is 11.1 Å². The van der Waals surface area contributed by atoms with Crippen LogP contribution < -0.4 is 5.32 Å². The SMILES string of the molecule is CNC(=O)CC1CCN(C(=O)CCc2cccc(-c3cnn(C)c3)c2)CC1. The van der Waals surface area contributed by atoms with Crippen LogP contribution in [0.3, 0.4) is 0 Å². The van der Waals surface area contributed by atoms with Crippen LogP contribution in [-0.4, -0.2) is 46.6 Å². The van der Waals surface area contributed by atoms with Crippen molar-refractivity contribution in [3.05, 3.63) is 42.2 Å². The second-order valence-electron chi connectivity index (χ2n) is 7.30.